The van der Waals surface area contributed by atoms with Crippen LogP contribution in [-0.2, 0) is 0 Å². The molecule has 0 radical (unpaired) electrons. The van der Waals surface area contributed by atoms with Gasteiger partial charge in [-0.15, -0.1) is 11.3 Å². The Hall–Kier alpha value is -1.12. The SMILES string of the molecule is Cc1ccc(C(N)c2ccc(C)c(C)c2)s1. The van der Waals surface area contributed by atoms with Gasteiger partial charge in [0.05, 0.1) is 6.04 Å². The fourth-order valence-electron chi connectivity index (χ4n) is 1.74. The largest absolute Gasteiger partial charge is 0.320 e. The lowest BCUT2D eigenvalue weighted by Gasteiger charge is -2.12. The molecular weight excluding hydrogens is 214 g/mol. The van der Waals surface area contributed by atoms with Crippen LogP contribution in [0.15, 0.2) is 30.3 Å². The zero-order valence-electron chi connectivity index (χ0n) is 9.95. The minimum Gasteiger partial charge on any atom is -0.320 e. The van der Waals surface area contributed by atoms with Crippen LogP contribution in [0, 0.1) is 20.8 Å². The third-order valence-electron chi connectivity index (χ3n) is 2.96. The Bertz CT molecular complexity index is 499. The quantitative estimate of drug-likeness (QED) is 0.837. The van der Waals surface area contributed by atoms with Gasteiger partial charge in [0.25, 0.3) is 0 Å². The number of nitrogens with two attached hydrogens (primary N) is 1. The summed E-state index contributed by atoms with van der Waals surface area (Å²) in [5.74, 6) is 0. The molecular formula is C14H17NS. The Morgan fingerprint density at radius 2 is 1.75 bits per heavy atom. The third kappa shape index (κ3) is 2.18. The molecule has 0 amide bonds. The summed E-state index contributed by atoms with van der Waals surface area (Å²) in [6.45, 7) is 6.37. The second kappa shape index (κ2) is 4.40. The molecule has 1 aromatic heterocycles. The van der Waals surface area contributed by atoms with Crippen LogP contribution in [0.5, 0.6) is 0 Å². The minimum absolute atomic E-state index is 0.0120. The van der Waals surface area contributed by atoms with Crippen molar-refractivity contribution in [2.45, 2.75) is 26.8 Å². The van der Waals surface area contributed by atoms with Gasteiger partial charge in [0.15, 0.2) is 0 Å². The molecule has 0 saturated heterocycles. The minimum atomic E-state index is 0.0120. The van der Waals surface area contributed by atoms with E-state index in [4.69, 9.17) is 5.73 Å². The summed E-state index contributed by atoms with van der Waals surface area (Å²) in [6.07, 6.45) is 0. The summed E-state index contributed by atoms with van der Waals surface area (Å²) in [5, 5.41) is 0. The zero-order valence-corrected chi connectivity index (χ0v) is 10.8. The third-order valence-corrected chi connectivity index (χ3v) is 4.04. The molecule has 2 aromatic rings. The normalized spacial score (nSPS) is 12.8. The van der Waals surface area contributed by atoms with Crippen molar-refractivity contribution in [1.82, 2.24) is 0 Å². The molecule has 16 heavy (non-hydrogen) atoms. The van der Waals surface area contributed by atoms with Crippen molar-refractivity contribution in [2.75, 3.05) is 0 Å². The van der Waals surface area contributed by atoms with Gasteiger partial charge in [-0.2, -0.15) is 0 Å². The first-order valence-corrected chi connectivity index (χ1v) is 6.28. The lowest BCUT2D eigenvalue weighted by Crippen LogP contribution is -2.10. The predicted octanol–water partition coefficient (Wildman–Crippen LogP) is 3.72. The van der Waals surface area contributed by atoms with Gasteiger partial charge in [-0.05, 0) is 49.6 Å². The van der Waals surface area contributed by atoms with Crippen molar-refractivity contribution < 1.29 is 0 Å². The first kappa shape index (κ1) is 11.4. The van der Waals surface area contributed by atoms with Crippen molar-refractivity contribution in [3.05, 3.63) is 56.8 Å². The Balaban J connectivity index is 2.33. The van der Waals surface area contributed by atoms with Crippen molar-refractivity contribution >= 4 is 11.3 Å². The standard InChI is InChI=1S/C14H17NS/c1-9-4-6-12(8-10(9)2)14(15)13-7-5-11(3)16-13/h4-8,14H,15H2,1-3H3. The first-order valence-electron chi connectivity index (χ1n) is 5.47. The van der Waals surface area contributed by atoms with E-state index in [0.29, 0.717) is 0 Å². The van der Waals surface area contributed by atoms with E-state index in [-0.39, 0.29) is 6.04 Å². The predicted molar refractivity (Wildman–Crippen MR) is 71.0 cm³/mol. The van der Waals surface area contributed by atoms with E-state index >= 15 is 0 Å². The van der Waals surface area contributed by atoms with Crippen molar-refractivity contribution in [1.29, 1.82) is 0 Å². The van der Waals surface area contributed by atoms with Gasteiger partial charge in [0.2, 0.25) is 0 Å². The van der Waals surface area contributed by atoms with Crippen molar-refractivity contribution in [3.63, 3.8) is 0 Å². The molecule has 0 saturated carbocycles. The molecule has 0 fully saturated rings. The molecule has 0 spiro atoms. The van der Waals surface area contributed by atoms with Gasteiger partial charge in [0.1, 0.15) is 0 Å². The second-order valence-electron chi connectivity index (χ2n) is 4.27. The van der Waals surface area contributed by atoms with E-state index in [1.807, 2.05) is 0 Å². The Morgan fingerprint density at radius 3 is 2.31 bits per heavy atom. The van der Waals surface area contributed by atoms with E-state index < -0.39 is 0 Å². The number of aryl methyl sites for hydroxylation is 3. The fraction of sp³-hybridized carbons (Fsp3) is 0.286. The van der Waals surface area contributed by atoms with E-state index in [1.165, 1.54) is 26.4 Å². The van der Waals surface area contributed by atoms with E-state index in [2.05, 4.69) is 51.1 Å². The summed E-state index contributed by atoms with van der Waals surface area (Å²) in [7, 11) is 0. The van der Waals surface area contributed by atoms with Crippen LogP contribution in [0.25, 0.3) is 0 Å². The number of thiophene rings is 1. The molecule has 0 aliphatic carbocycles. The van der Waals surface area contributed by atoms with Gasteiger partial charge in [-0.3, -0.25) is 0 Å². The maximum Gasteiger partial charge on any atom is 0.0646 e. The van der Waals surface area contributed by atoms with Gasteiger partial charge in [-0.25, -0.2) is 0 Å². The average molecular weight is 231 g/mol. The molecule has 1 atom stereocenters. The molecule has 0 bridgehead atoms. The molecule has 2 rings (SSSR count). The topological polar surface area (TPSA) is 26.0 Å². The van der Waals surface area contributed by atoms with Crippen LogP contribution in [0.4, 0.5) is 0 Å². The van der Waals surface area contributed by atoms with Crippen molar-refractivity contribution in [2.24, 2.45) is 5.73 Å². The van der Waals surface area contributed by atoms with Crippen LogP contribution in [0.2, 0.25) is 0 Å². The van der Waals surface area contributed by atoms with E-state index in [9.17, 15) is 0 Å². The van der Waals surface area contributed by atoms with E-state index in [1.54, 1.807) is 11.3 Å². The van der Waals surface area contributed by atoms with Crippen LogP contribution in [-0.4, -0.2) is 0 Å². The van der Waals surface area contributed by atoms with Crippen LogP contribution in [0.3, 0.4) is 0 Å². The van der Waals surface area contributed by atoms with Crippen LogP contribution in [0.1, 0.15) is 32.5 Å². The maximum absolute atomic E-state index is 6.26. The first-order chi connectivity index (χ1) is 7.58. The highest BCUT2D eigenvalue weighted by atomic mass is 32.1. The van der Waals surface area contributed by atoms with Gasteiger partial charge in [-0.1, -0.05) is 18.2 Å². The lowest BCUT2D eigenvalue weighted by atomic mass is 10.0. The molecule has 1 aromatic carbocycles. The molecule has 1 nitrogen and oxygen atoms in total. The Kier molecular flexibility index (Phi) is 3.13. The second-order valence-corrected chi connectivity index (χ2v) is 5.59. The molecule has 0 aliphatic rings. The number of hydrogen-bond acceptors (Lipinski definition) is 2. The molecule has 2 heteroatoms. The summed E-state index contributed by atoms with van der Waals surface area (Å²) in [4.78, 5) is 2.55. The molecule has 1 unspecified atom stereocenters. The van der Waals surface area contributed by atoms with Gasteiger partial charge in [0, 0.05) is 9.75 Å². The molecule has 2 N–H and O–H groups in total. The Labute approximate surface area is 101 Å². The zero-order chi connectivity index (χ0) is 11.7. The highest BCUT2D eigenvalue weighted by molar-refractivity contribution is 7.12. The number of benzene rings is 1. The van der Waals surface area contributed by atoms with Crippen molar-refractivity contribution in [3.8, 4) is 0 Å². The van der Waals surface area contributed by atoms with Crippen LogP contribution >= 0.6 is 11.3 Å². The molecule has 1 heterocycles. The lowest BCUT2D eigenvalue weighted by molar-refractivity contribution is 0.890. The highest BCUT2D eigenvalue weighted by Gasteiger charge is 2.11. The molecule has 0 aliphatic heterocycles. The highest BCUT2D eigenvalue weighted by Crippen LogP contribution is 2.27. The Morgan fingerprint density at radius 1 is 1.00 bits per heavy atom. The smallest absolute Gasteiger partial charge is 0.0646 e. The fourth-order valence-corrected chi connectivity index (χ4v) is 2.65. The van der Waals surface area contributed by atoms with Crippen LogP contribution < -0.4 is 5.73 Å². The monoisotopic (exact) mass is 231 g/mol. The summed E-state index contributed by atoms with van der Waals surface area (Å²) in [5.41, 5.74) is 10.1. The van der Waals surface area contributed by atoms with Gasteiger partial charge < -0.3 is 5.73 Å². The number of rotatable bonds is 2. The summed E-state index contributed by atoms with van der Waals surface area (Å²) >= 11 is 1.78. The number of hydrogen-bond donors (Lipinski definition) is 1. The summed E-state index contributed by atoms with van der Waals surface area (Å²) in [6, 6.07) is 10.7. The van der Waals surface area contributed by atoms with Gasteiger partial charge >= 0.3 is 0 Å². The van der Waals surface area contributed by atoms with E-state index in [0.717, 1.165) is 0 Å². The maximum atomic E-state index is 6.26. The summed E-state index contributed by atoms with van der Waals surface area (Å²) < 4.78 is 0. The average Bonchev–Trinajstić information content (AvgIpc) is 2.68. The molecule has 84 valence electrons.